The molecule has 0 spiro atoms. The van der Waals surface area contributed by atoms with Crippen LogP contribution in [0.1, 0.15) is 16.8 Å². The molecule has 1 aromatic rings. The van der Waals surface area contributed by atoms with Crippen LogP contribution in [0.4, 0.5) is 0 Å². The summed E-state index contributed by atoms with van der Waals surface area (Å²) in [4.78, 5) is 11.8. The number of carbonyl (C=O) groups is 1. The van der Waals surface area contributed by atoms with Gasteiger partial charge in [-0.1, -0.05) is 0 Å². The molecule has 0 unspecified atom stereocenters. The molecule has 0 radical (unpaired) electrons. The number of hydrogen-bond acceptors (Lipinski definition) is 4. The first-order chi connectivity index (χ1) is 7.65. The lowest BCUT2D eigenvalue weighted by molar-refractivity contribution is 0.0982. The van der Waals surface area contributed by atoms with Gasteiger partial charge in [-0.2, -0.15) is 0 Å². The van der Waals surface area contributed by atoms with Gasteiger partial charge in [-0.25, -0.2) is 0 Å². The number of rotatable bonds is 5. The third kappa shape index (κ3) is 2.54. The standard InChI is InChI=1S/C11H14BrNO3/c1-15-9-4-3-7(8(14)5-6-13)11(16-2)10(9)12/h3-4H,5-6,13H2,1-2H3. The van der Waals surface area contributed by atoms with Crippen LogP contribution in [0.3, 0.4) is 0 Å². The summed E-state index contributed by atoms with van der Waals surface area (Å²) in [5.41, 5.74) is 5.87. The monoisotopic (exact) mass is 287 g/mol. The fourth-order valence-corrected chi connectivity index (χ4v) is 2.05. The van der Waals surface area contributed by atoms with Gasteiger partial charge < -0.3 is 15.2 Å². The molecule has 0 saturated heterocycles. The van der Waals surface area contributed by atoms with Crippen molar-refractivity contribution in [2.45, 2.75) is 6.42 Å². The molecular formula is C11H14BrNO3. The topological polar surface area (TPSA) is 61.5 Å². The molecule has 0 aliphatic heterocycles. The Hall–Kier alpha value is -1.07. The highest BCUT2D eigenvalue weighted by Gasteiger charge is 2.17. The summed E-state index contributed by atoms with van der Waals surface area (Å²) in [6, 6.07) is 3.40. The average Bonchev–Trinajstić information content (AvgIpc) is 2.28. The summed E-state index contributed by atoms with van der Waals surface area (Å²) >= 11 is 3.34. The van der Waals surface area contributed by atoms with Crippen LogP contribution in [0, 0.1) is 0 Å². The van der Waals surface area contributed by atoms with E-state index >= 15 is 0 Å². The first-order valence-electron chi connectivity index (χ1n) is 4.79. The number of ketones is 1. The fourth-order valence-electron chi connectivity index (χ4n) is 1.38. The first kappa shape index (κ1) is 13.0. The van der Waals surface area contributed by atoms with Crippen LogP contribution >= 0.6 is 15.9 Å². The van der Waals surface area contributed by atoms with Crippen LogP contribution in [0.15, 0.2) is 16.6 Å². The SMILES string of the molecule is COc1ccc(C(=O)CCN)c(OC)c1Br. The van der Waals surface area contributed by atoms with Crippen LogP contribution in [0.25, 0.3) is 0 Å². The number of carbonyl (C=O) groups excluding carboxylic acids is 1. The Morgan fingerprint density at radius 1 is 1.38 bits per heavy atom. The molecule has 0 atom stereocenters. The molecule has 16 heavy (non-hydrogen) atoms. The van der Waals surface area contributed by atoms with Crippen LogP contribution in [-0.4, -0.2) is 26.5 Å². The zero-order chi connectivity index (χ0) is 12.1. The Labute approximate surface area is 103 Å². The molecule has 0 bridgehead atoms. The lowest BCUT2D eigenvalue weighted by atomic mass is 10.1. The Bertz CT molecular complexity index is 393. The maximum atomic E-state index is 11.8. The van der Waals surface area contributed by atoms with E-state index in [0.717, 1.165) is 0 Å². The number of ether oxygens (including phenoxy) is 2. The Morgan fingerprint density at radius 3 is 2.56 bits per heavy atom. The smallest absolute Gasteiger partial charge is 0.167 e. The van der Waals surface area contributed by atoms with E-state index in [1.54, 1.807) is 19.2 Å². The molecule has 0 fully saturated rings. The quantitative estimate of drug-likeness (QED) is 0.842. The highest BCUT2D eigenvalue weighted by molar-refractivity contribution is 9.10. The number of halogens is 1. The Morgan fingerprint density at radius 2 is 2.06 bits per heavy atom. The Balaban J connectivity index is 3.20. The molecule has 0 aliphatic carbocycles. The van der Waals surface area contributed by atoms with Crippen molar-refractivity contribution in [2.24, 2.45) is 5.73 Å². The molecule has 1 aromatic carbocycles. The molecular weight excluding hydrogens is 274 g/mol. The van der Waals surface area contributed by atoms with E-state index in [1.165, 1.54) is 7.11 Å². The molecule has 0 amide bonds. The third-order valence-electron chi connectivity index (χ3n) is 2.16. The van der Waals surface area contributed by atoms with E-state index in [0.29, 0.717) is 34.5 Å². The summed E-state index contributed by atoms with van der Waals surface area (Å²) in [6.45, 7) is 0.325. The van der Waals surface area contributed by atoms with Gasteiger partial charge >= 0.3 is 0 Å². The lowest BCUT2D eigenvalue weighted by Crippen LogP contribution is -2.09. The molecule has 4 nitrogen and oxygen atoms in total. The predicted octanol–water partition coefficient (Wildman–Crippen LogP) is 2.00. The van der Waals surface area contributed by atoms with Crippen LogP contribution in [0.5, 0.6) is 11.5 Å². The molecule has 1 rings (SSSR count). The fraction of sp³-hybridized carbons (Fsp3) is 0.364. The van der Waals surface area contributed by atoms with E-state index in [-0.39, 0.29) is 5.78 Å². The van der Waals surface area contributed by atoms with Gasteiger partial charge in [0.25, 0.3) is 0 Å². The van der Waals surface area contributed by atoms with Gasteiger partial charge in [0, 0.05) is 6.42 Å². The molecule has 5 heteroatoms. The van der Waals surface area contributed by atoms with Crippen molar-refractivity contribution in [3.8, 4) is 11.5 Å². The molecule has 0 heterocycles. The minimum atomic E-state index is -0.0392. The van der Waals surface area contributed by atoms with Gasteiger partial charge in [0.05, 0.1) is 19.8 Å². The van der Waals surface area contributed by atoms with Gasteiger partial charge in [-0.05, 0) is 34.6 Å². The molecule has 88 valence electrons. The highest BCUT2D eigenvalue weighted by atomic mass is 79.9. The molecule has 0 aliphatic rings. The number of Topliss-reactive ketones (excluding diaryl/α,β-unsaturated/α-hetero) is 1. The van der Waals surface area contributed by atoms with E-state index in [2.05, 4.69) is 15.9 Å². The van der Waals surface area contributed by atoms with Gasteiger partial charge in [-0.15, -0.1) is 0 Å². The summed E-state index contributed by atoms with van der Waals surface area (Å²) in [7, 11) is 3.07. The van der Waals surface area contributed by atoms with Gasteiger partial charge in [0.15, 0.2) is 5.78 Å². The summed E-state index contributed by atoms with van der Waals surface area (Å²) in [5, 5.41) is 0. The van der Waals surface area contributed by atoms with E-state index in [1.807, 2.05) is 0 Å². The summed E-state index contributed by atoms with van der Waals surface area (Å²) < 4.78 is 11.0. The summed E-state index contributed by atoms with van der Waals surface area (Å²) in [6.07, 6.45) is 0.301. The minimum absolute atomic E-state index is 0.0392. The second-order valence-electron chi connectivity index (χ2n) is 3.12. The Kier molecular flexibility index (Phi) is 4.76. The number of methoxy groups -OCH3 is 2. The van der Waals surface area contributed by atoms with Crippen molar-refractivity contribution in [3.05, 3.63) is 22.2 Å². The van der Waals surface area contributed by atoms with Crippen molar-refractivity contribution in [3.63, 3.8) is 0 Å². The second-order valence-corrected chi connectivity index (χ2v) is 3.92. The van der Waals surface area contributed by atoms with Crippen LogP contribution < -0.4 is 15.2 Å². The number of benzene rings is 1. The van der Waals surface area contributed by atoms with Gasteiger partial charge in [-0.3, -0.25) is 4.79 Å². The van der Waals surface area contributed by atoms with Crippen molar-refractivity contribution in [1.82, 2.24) is 0 Å². The highest BCUT2D eigenvalue weighted by Crippen LogP contribution is 2.37. The first-order valence-corrected chi connectivity index (χ1v) is 5.58. The lowest BCUT2D eigenvalue weighted by Gasteiger charge is -2.12. The number of nitrogens with two attached hydrogens (primary N) is 1. The molecule has 2 N–H and O–H groups in total. The maximum Gasteiger partial charge on any atom is 0.167 e. The maximum absolute atomic E-state index is 11.8. The average molecular weight is 288 g/mol. The van der Waals surface area contributed by atoms with E-state index in [4.69, 9.17) is 15.2 Å². The van der Waals surface area contributed by atoms with Crippen LogP contribution in [-0.2, 0) is 0 Å². The van der Waals surface area contributed by atoms with E-state index in [9.17, 15) is 4.79 Å². The zero-order valence-electron chi connectivity index (χ0n) is 9.25. The predicted molar refractivity (Wildman–Crippen MR) is 65.2 cm³/mol. The van der Waals surface area contributed by atoms with Crippen molar-refractivity contribution < 1.29 is 14.3 Å². The second kappa shape index (κ2) is 5.86. The van der Waals surface area contributed by atoms with E-state index < -0.39 is 0 Å². The molecule has 0 aromatic heterocycles. The minimum Gasteiger partial charge on any atom is -0.495 e. The summed E-state index contributed by atoms with van der Waals surface area (Å²) in [5.74, 6) is 1.07. The van der Waals surface area contributed by atoms with Gasteiger partial charge in [0.1, 0.15) is 16.0 Å². The van der Waals surface area contributed by atoms with Crippen molar-refractivity contribution in [2.75, 3.05) is 20.8 Å². The van der Waals surface area contributed by atoms with Crippen LogP contribution in [0.2, 0.25) is 0 Å². The van der Waals surface area contributed by atoms with Crippen molar-refractivity contribution >= 4 is 21.7 Å². The van der Waals surface area contributed by atoms with Crippen molar-refractivity contribution in [1.29, 1.82) is 0 Å². The number of hydrogen-bond donors (Lipinski definition) is 1. The third-order valence-corrected chi connectivity index (χ3v) is 2.91. The van der Waals surface area contributed by atoms with Gasteiger partial charge in [0.2, 0.25) is 0 Å². The molecule has 0 saturated carbocycles. The zero-order valence-corrected chi connectivity index (χ0v) is 10.8. The normalized spacial score (nSPS) is 10.0. The largest absolute Gasteiger partial charge is 0.495 e.